The Balaban J connectivity index is 0.000000586. The predicted molar refractivity (Wildman–Crippen MR) is 144 cm³/mol. The third-order valence-electron chi connectivity index (χ3n) is 5.86. The second-order valence-corrected chi connectivity index (χ2v) is 13.2. The monoisotopic (exact) mass is 592 g/mol. The van der Waals surface area contributed by atoms with Gasteiger partial charge in [-0.3, -0.25) is 0 Å². The summed E-state index contributed by atoms with van der Waals surface area (Å²) < 4.78 is 35.1. The zero-order chi connectivity index (χ0) is 26.3. The summed E-state index contributed by atoms with van der Waals surface area (Å²) in [6.07, 6.45) is 0. The van der Waals surface area contributed by atoms with E-state index < -0.39 is 17.5 Å². The van der Waals surface area contributed by atoms with Crippen LogP contribution in [0.25, 0.3) is 11.1 Å². The number of benzene rings is 5. The first-order chi connectivity index (χ1) is 17.8. The summed E-state index contributed by atoms with van der Waals surface area (Å²) in [6, 6.07) is 50.7. The van der Waals surface area contributed by atoms with Crippen LogP contribution >= 0.6 is 23.2 Å². The molecule has 7 heteroatoms. The van der Waals surface area contributed by atoms with Crippen LogP contribution in [0.1, 0.15) is 0 Å². The molecular weight excluding hydrogens is 571 g/mol. The molecule has 37 heavy (non-hydrogen) atoms. The number of rotatable bonds is 5. The highest BCUT2D eigenvalue weighted by atomic mass is 79.9. The average molecular weight is 594 g/mol. The lowest BCUT2D eigenvalue weighted by molar-refractivity contribution is -2.00. The van der Waals surface area contributed by atoms with E-state index in [4.69, 9.17) is 18.6 Å². The molecule has 0 saturated heterocycles. The van der Waals surface area contributed by atoms with Crippen molar-refractivity contribution in [2.24, 2.45) is 0 Å². The molecule has 0 unspecified atom stereocenters. The lowest BCUT2D eigenvalue weighted by Gasteiger charge is -2.27. The third kappa shape index (κ3) is 6.72. The van der Waals surface area contributed by atoms with E-state index in [0.717, 1.165) is 4.47 Å². The maximum atomic E-state index is 8.49. The van der Waals surface area contributed by atoms with Crippen LogP contribution in [0.15, 0.2) is 144 Å². The van der Waals surface area contributed by atoms with E-state index in [1.165, 1.54) is 32.3 Å². The predicted octanol–water partition coefficient (Wildman–Crippen LogP) is 1.98. The summed E-state index contributed by atoms with van der Waals surface area (Å²) in [5.74, 6) is 0. The van der Waals surface area contributed by atoms with Gasteiger partial charge in [0.25, 0.3) is 0 Å². The number of hydrogen-bond donors (Lipinski definition) is 0. The van der Waals surface area contributed by atoms with Crippen LogP contribution in [0.5, 0.6) is 0 Å². The minimum Gasteiger partial charge on any atom is -0.222 e. The summed E-state index contributed by atoms with van der Waals surface area (Å²) in [5, 5.41) is 5.47. The second kappa shape index (κ2) is 12.1. The Morgan fingerprint density at radius 1 is 0.405 bits per heavy atom. The molecule has 0 radical (unpaired) electrons. The van der Waals surface area contributed by atoms with Crippen LogP contribution in [0, 0.1) is 10.2 Å². The van der Waals surface area contributed by atoms with Crippen molar-refractivity contribution in [2.75, 3.05) is 0 Å². The van der Waals surface area contributed by atoms with Crippen molar-refractivity contribution in [1.82, 2.24) is 0 Å². The van der Waals surface area contributed by atoms with Gasteiger partial charge in [0.1, 0.15) is 28.5 Å². The van der Waals surface area contributed by atoms with Gasteiger partial charge in [-0.1, -0.05) is 94.8 Å². The van der Waals surface area contributed by atoms with E-state index in [1.807, 2.05) is 0 Å². The maximum Gasteiger partial charge on any atom is 0.144 e. The van der Waals surface area contributed by atoms with Gasteiger partial charge in [-0.2, -0.15) is 0 Å². The Morgan fingerprint density at radius 3 is 1.00 bits per heavy atom. The molecule has 5 aromatic rings. The fourth-order valence-corrected chi connectivity index (χ4v) is 8.88. The molecule has 4 nitrogen and oxygen atoms in total. The van der Waals surface area contributed by atoms with Gasteiger partial charge in [-0.05, 0) is 71.8 Å². The molecule has 0 heterocycles. The largest absolute Gasteiger partial charge is 0.222 e. The van der Waals surface area contributed by atoms with Crippen LogP contribution in [0.4, 0.5) is 0 Å². The van der Waals surface area contributed by atoms with E-state index in [-0.39, 0.29) is 0 Å². The van der Waals surface area contributed by atoms with Crippen molar-refractivity contribution in [2.45, 2.75) is 0 Å². The van der Waals surface area contributed by atoms with Crippen LogP contribution < -0.4 is 39.9 Å². The molecule has 0 N–H and O–H groups in total. The highest BCUT2D eigenvalue weighted by molar-refractivity contribution is 9.10. The Bertz CT molecular complexity index is 1290. The normalized spacial score (nSPS) is 11.4. The summed E-state index contributed by atoms with van der Waals surface area (Å²) in [7, 11) is -6.98. The molecule has 0 aliphatic rings. The highest BCUT2D eigenvalue weighted by Crippen LogP contribution is 2.54. The number of halogens is 2. The second-order valence-electron chi connectivity index (χ2n) is 8.11. The summed E-state index contributed by atoms with van der Waals surface area (Å²) in [4.78, 5) is 0. The van der Waals surface area contributed by atoms with E-state index in [2.05, 4.69) is 155 Å². The number of hydrogen-bond acceptors (Lipinski definition) is 4. The van der Waals surface area contributed by atoms with Crippen molar-refractivity contribution in [3.63, 3.8) is 0 Å². The first-order valence-electron chi connectivity index (χ1n) is 11.3. The van der Waals surface area contributed by atoms with Crippen LogP contribution in [-0.4, -0.2) is 0 Å². The van der Waals surface area contributed by atoms with Gasteiger partial charge in [0, 0.05) is 4.47 Å². The standard InChI is InChI=1S/C30H23BrP.ClHO4/c31-26-20-16-24(17-21-26)25-18-22-30(23-19-25)32(27-10-4-1-5-11-27,28-12-6-2-7-13-28)29-14-8-3-9-15-29;2-1(3,4)5/h1-23H;(H,2,3,4,5)/q+1;/p-1. The minimum absolute atomic E-state index is 1.10. The van der Waals surface area contributed by atoms with Gasteiger partial charge in [0.2, 0.25) is 0 Å². The molecular formula is C30H23BrClO4P. The smallest absolute Gasteiger partial charge is 0.144 e. The van der Waals surface area contributed by atoms with Crippen molar-refractivity contribution in [3.05, 3.63) is 144 Å². The van der Waals surface area contributed by atoms with Gasteiger partial charge in [0.05, 0.1) is 0 Å². The lowest BCUT2D eigenvalue weighted by atomic mass is 10.1. The molecule has 0 aromatic heterocycles. The maximum absolute atomic E-state index is 8.49. The molecule has 0 bridgehead atoms. The van der Waals surface area contributed by atoms with E-state index in [1.54, 1.807) is 0 Å². The Kier molecular flexibility index (Phi) is 8.91. The Morgan fingerprint density at radius 2 is 0.676 bits per heavy atom. The van der Waals surface area contributed by atoms with Gasteiger partial charge in [0.15, 0.2) is 0 Å². The lowest BCUT2D eigenvalue weighted by Crippen LogP contribution is -2.68. The topological polar surface area (TPSA) is 92.2 Å². The van der Waals surface area contributed by atoms with Crippen molar-refractivity contribution < 1.29 is 28.9 Å². The highest BCUT2D eigenvalue weighted by Gasteiger charge is 2.47. The first-order valence-corrected chi connectivity index (χ1v) is 15.1. The molecule has 186 valence electrons. The van der Waals surface area contributed by atoms with Crippen molar-refractivity contribution >= 4 is 44.4 Å². The molecule has 0 aliphatic heterocycles. The molecule has 0 saturated carbocycles. The molecule has 5 aromatic carbocycles. The summed E-state index contributed by atoms with van der Waals surface area (Å²) in [5.41, 5.74) is 2.45. The summed E-state index contributed by atoms with van der Waals surface area (Å²) >= 11 is 3.54. The average Bonchev–Trinajstić information content (AvgIpc) is 2.91. The van der Waals surface area contributed by atoms with Crippen molar-refractivity contribution in [1.29, 1.82) is 0 Å². The van der Waals surface area contributed by atoms with Crippen LogP contribution in [-0.2, 0) is 0 Å². The summed E-state index contributed by atoms with van der Waals surface area (Å²) in [6.45, 7) is 0. The van der Waals surface area contributed by atoms with E-state index in [0.29, 0.717) is 0 Å². The van der Waals surface area contributed by atoms with E-state index >= 15 is 0 Å². The fraction of sp³-hybridized carbons (Fsp3) is 0. The molecule has 0 spiro atoms. The Hall–Kier alpha value is -2.86. The van der Waals surface area contributed by atoms with E-state index in [9.17, 15) is 0 Å². The SMILES string of the molecule is Brc1ccc(-c2ccc([P+](c3ccccc3)(c3ccccc3)c3ccccc3)cc2)cc1.[O-][Cl+3]([O-])([O-])[O-]. The minimum atomic E-state index is -4.94. The van der Waals surface area contributed by atoms with Gasteiger partial charge in [-0.25, -0.2) is 18.6 Å². The quantitative estimate of drug-likeness (QED) is 0.292. The zero-order valence-electron chi connectivity index (χ0n) is 19.6. The molecule has 0 amide bonds. The van der Waals surface area contributed by atoms with Crippen LogP contribution in [0.2, 0.25) is 0 Å². The zero-order valence-corrected chi connectivity index (χ0v) is 22.9. The van der Waals surface area contributed by atoms with Crippen molar-refractivity contribution in [3.8, 4) is 11.1 Å². The van der Waals surface area contributed by atoms with Crippen LogP contribution in [0.3, 0.4) is 0 Å². The Labute approximate surface area is 227 Å². The van der Waals surface area contributed by atoms with Gasteiger partial charge < -0.3 is 0 Å². The molecule has 0 aliphatic carbocycles. The molecule has 0 atom stereocenters. The fourth-order valence-electron chi connectivity index (χ4n) is 4.37. The molecule has 0 fully saturated rings. The molecule has 5 rings (SSSR count). The van der Waals surface area contributed by atoms with Gasteiger partial charge in [-0.15, -0.1) is 10.2 Å². The first kappa shape index (κ1) is 27.2. The van der Waals surface area contributed by atoms with Gasteiger partial charge >= 0.3 is 0 Å². The third-order valence-corrected chi connectivity index (χ3v) is 10.7.